The van der Waals surface area contributed by atoms with E-state index >= 15 is 0 Å². The molecule has 0 bridgehead atoms. The molecule has 2 heterocycles. The number of carbonyl (C=O) groups excluding carboxylic acids is 1. The van der Waals surface area contributed by atoms with E-state index in [0.29, 0.717) is 25.0 Å². The van der Waals surface area contributed by atoms with E-state index in [-0.39, 0.29) is 24.6 Å². The summed E-state index contributed by atoms with van der Waals surface area (Å²) in [5.74, 6) is -0.340. The van der Waals surface area contributed by atoms with Gasteiger partial charge in [0.15, 0.2) is 6.29 Å². The average Bonchev–Trinajstić information content (AvgIpc) is 2.72. The first-order valence-electron chi connectivity index (χ1n) is 9.75. The number of benzene rings is 1. The Hall–Kier alpha value is -2.16. The Balaban J connectivity index is 1.72. The summed E-state index contributed by atoms with van der Waals surface area (Å²) in [6, 6.07) is 5.02. The third-order valence-corrected chi connectivity index (χ3v) is 5.44. The van der Waals surface area contributed by atoms with Crippen LogP contribution in [0.1, 0.15) is 54.1 Å². The number of hydroxylamine groups is 1. The van der Waals surface area contributed by atoms with E-state index in [1.54, 1.807) is 19.2 Å². The molecule has 0 radical (unpaired) electrons. The molecule has 2 aliphatic heterocycles. The molecule has 0 aliphatic carbocycles. The second-order valence-electron chi connectivity index (χ2n) is 7.19. The number of carboxylic acid groups (broad SMARTS) is 1. The van der Waals surface area contributed by atoms with Gasteiger partial charge < -0.3 is 14.6 Å². The van der Waals surface area contributed by atoms with E-state index in [9.17, 15) is 14.7 Å². The fourth-order valence-corrected chi connectivity index (χ4v) is 3.87. The van der Waals surface area contributed by atoms with Gasteiger partial charge >= 0.3 is 6.09 Å². The summed E-state index contributed by atoms with van der Waals surface area (Å²) in [6.45, 7) is 2.89. The first kappa shape index (κ1) is 20.6. The highest BCUT2D eigenvalue weighted by atomic mass is 16.8. The number of ether oxygens (including phenoxy) is 2. The molecule has 2 aliphatic rings. The fourth-order valence-electron chi connectivity index (χ4n) is 3.87. The van der Waals surface area contributed by atoms with E-state index in [4.69, 9.17) is 14.3 Å². The zero-order valence-corrected chi connectivity index (χ0v) is 16.3. The molecule has 0 spiro atoms. The SMILES string of the molecule is CCC(OC)C1Cc2cc(C(=O)NOC3CCCCO3)ccc2CN1C(=O)O. The molecular weight excluding hydrogens is 364 g/mol. The van der Waals surface area contributed by atoms with Gasteiger partial charge in [-0.05, 0) is 48.9 Å². The van der Waals surface area contributed by atoms with Crippen molar-refractivity contribution in [3.63, 3.8) is 0 Å². The lowest BCUT2D eigenvalue weighted by Crippen LogP contribution is -2.50. The van der Waals surface area contributed by atoms with Gasteiger partial charge in [-0.1, -0.05) is 13.0 Å². The van der Waals surface area contributed by atoms with Gasteiger partial charge in [-0.15, -0.1) is 0 Å². The van der Waals surface area contributed by atoms with Gasteiger partial charge in [-0.25, -0.2) is 15.1 Å². The van der Waals surface area contributed by atoms with Crippen LogP contribution in [0.15, 0.2) is 18.2 Å². The number of fused-ring (bicyclic) bond motifs is 1. The molecule has 28 heavy (non-hydrogen) atoms. The molecule has 2 N–H and O–H groups in total. The molecule has 3 rings (SSSR count). The lowest BCUT2D eigenvalue weighted by atomic mass is 9.89. The van der Waals surface area contributed by atoms with Crippen LogP contribution in [-0.4, -0.2) is 54.2 Å². The molecule has 0 saturated carbocycles. The van der Waals surface area contributed by atoms with Crippen LogP contribution in [-0.2, 0) is 27.3 Å². The van der Waals surface area contributed by atoms with Crippen LogP contribution in [0.3, 0.4) is 0 Å². The smallest absolute Gasteiger partial charge is 0.407 e. The monoisotopic (exact) mass is 392 g/mol. The average molecular weight is 392 g/mol. The first-order chi connectivity index (χ1) is 13.5. The highest BCUT2D eigenvalue weighted by Gasteiger charge is 2.35. The lowest BCUT2D eigenvalue weighted by Gasteiger charge is -2.38. The van der Waals surface area contributed by atoms with Crippen molar-refractivity contribution in [2.75, 3.05) is 13.7 Å². The number of carbonyl (C=O) groups is 2. The summed E-state index contributed by atoms with van der Waals surface area (Å²) in [6.07, 6.45) is 2.41. The maximum Gasteiger partial charge on any atom is 0.407 e. The minimum atomic E-state index is -0.964. The second kappa shape index (κ2) is 9.36. The topological polar surface area (TPSA) is 97.3 Å². The number of hydrogen-bond donors (Lipinski definition) is 2. The third kappa shape index (κ3) is 4.63. The molecule has 1 aromatic rings. The number of methoxy groups -OCH3 is 1. The summed E-state index contributed by atoms with van der Waals surface area (Å²) in [4.78, 5) is 30.9. The van der Waals surface area contributed by atoms with Crippen LogP contribution >= 0.6 is 0 Å². The quantitative estimate of drug-likeness (QED) is 0.723. The summed E-state index contributed by atoms with van der Waals surface area (Å²) in [7, 11) is 1.60. The van der Waals surface area contributed by atoms with Crippen molar-refractivity contribution < 1.29 is 29.0 Å². The standard InChI is InChI=1S/C20H28N2O6/c1-3-17(26-2)16-11-15-10-13(7-8-14(15)12-22(16)20(24)25)19(23)21-28-18-6-4-5-9-27-18/h7-8,10,16-18H,3-6,9,11-12H2,1-2H3,(H,21,23)(H,24,25). The molecule has 2 amide bonds. The Bertz CT molecular complexity index is 700. The normalized spacial score (nSPS) is 23.0. The van der Waals surface area contributed by atoms with Gasteiger partial charge in [0.25, 0.3) is 5.91 Å². The summed E-state index contributed by atoms with van der Waals surface area (Å²) in [5, 5.41) is 9.59. The van der Waals surface area contributed by atoms with Crippen LogP contribution < -0.4 is 5.48 Å². The number of nitrogens with zero attached hydrogens (tertiary/aromatic N) is 1. The van der Waals surface area contributed by atoms with Gasteiger partial charge in [0.05, 0.1) is 12.1 Å². The lowest BCUT2D eigenvalue weighted by molar-refractivity contribution is -0.186. The molecule has 1 aromatic carbocycles. The van der Waals surface area contributed by atoms with Crippen LogP contribution in [0.5, 0.6) is 0 Å². The molecule has 0 aromatic heterocycles. The highest BCUT2D eigenvalue weighted by Crippen LogP contribution is 2.28. The molecule has 8 nitrogen and oxygen atoms in total. The highest BCUT2D eigenvalue weighted by molar-refractivity contribution is 5.93. The van der Waals surface area contributed by atoms with Gasteiger partial charge in [0.1, 0.15) is 0 Å². The largest absolute Gasteiger partial charge is 0.465 e. The number of rotatable bonds is 6. The molecule has 1 saturated heterocycles. The van der Waals surface area contributed by atoms with Gasteiger partial charge in [-0.2, -0.15) is 0 Å². The first-order valence-corrected chi connectivity index (χ1v) is 9.75. The van der Waals surface area contributed by atoms with Crippen molar-refractivity contribution in [3.05, 3.63) is 34.9 Å². The summed E-state index contributed by atoms with van der Waals surface area (Å²) < 4.78 is 10.9. The van der Waals surface area contributed by atoms with Crippen LogP contribution in [0.25, 0.3) is 0 Å². The molecular formula is C20H28N2O6. The van der Waals surface area contributed by atoms with E-state index in [1.807, 2.05) is 13.0 Å². The second-order valence-corrected chi connectivity index (χ2v) is 7.19. The summed E-state index contributed by atoms with van der Waals surface area (Å²) >= 11 is 0. The van der Waals surface area contributed by atoms with Gasteiger partial charge in [0.2, 0.25) is 0 Å². The molecule has 3 unspecified atom stereocenters. The maximum absolute atomic E-state index is 12.5. The van der Waals surface area contributed by atoms with E-state index < -0.39 is 12.4 Å². The van der Waals surface area contributed by atoms with E-state index in [1.165, 1.54) is 4.90 Å². The molecule has 1 fully saturated rings. The van der Waals surface area contributed by atoms with Crippen molar-refractivity contribution in [2.45, 2.75) is 64.0 Å². The molecule has 154 valence electrons. The van der Waals surface area contributed by atoms with Crippen molar-refractivity contribution in [1.29, 1.82) is 0 Å². The van der Waals surface area contributed by atoms with E-state index in [0.717, 1.165) is 30.4 Å². The fraction of sp³-hybridized carbons (Fsp3) is 0.600. The van der Waals surface area contributed by atoms with Gasteiger partial charge in [-0.3, -0.25) is 9.69 Å². The van der Waals surface area contributed by atoms with Crippen molar-refractivity contribution in [2.24, 2.45) is 0 Å². The van der Waals surface area contributed by atoms with Crippen molar-refractivity contribution in [1.82, 2.24) is 10.4 Å². The Morgan fingerprint density at radius 3 is 2.82 bits per heavy atom. The number of amides is 2. The Morgan fingerprint density at radius 1 is 1.36 bits per heavy atom. The zero-order chi connectivity index (χ0) is 20.1. The van der Waals surface area contributed by atoms with Gasteiger partial charge in [0, 0.05) is 32.2 Å². The number of nitrogens with one attached hydrogen (secondary N) is 1. The van der Waals surface area contributed by atoms with Crippen LogP contribution in [0.4, 0.5) is 4.79 Å². The van der Waals surface area contributed by atoms with Crippen molar-refractivity contribution >= 4 is 12.0 Å². The predicted octanol–water partition coefficient (Wildman–Crippen LogP) is 2.70. The van der Waals surface area contributed by atoms with Crippen LogP contribution in [0.2, 0.25) is 0 Å². The minimum Gasteiger partial charge on any atom is -0.465 e. The zero-order valence-electron chi connectivity index (χ0n) is 16.3. The van der Waals surface area contributed by atoms with Crippen LogP contribution in [0, 0.1) is 0 Å². The Morgan fingerprint density at radius 2 is 2.18 bits per heavy atom. The Labute approximate surface area is 164 Å². The summed E-state index contributed by atoms with van der Waals surface area (Å²) in [5.41, 5.74) is 4.80. The predicted molar refractivity (Wildman–Crippen MR) is 101 cm³/mol. The third-order valence-electron chi connectivity index (χ3n) is 5.44. The minimum absolute atomic E-state index is 0.200. The maximum atomic E-state index is 12.5. The number of hydrogen-bond acceptors (Lipinski definition) is 5. The van der Waals surface area contributed by atoms with E-state index in [2.05, 4.69) is 5.48 Å². The molecule has 3 atom stereocenters. The Kier molecular flexibility index (Phi) is 6.88. The molecule has 8 heteroatoms. The van der Waals surface area contributed by atoms with Crippen molar-refractivity contribution in [3.8, 4) is 0 Å².